The second kappa shape index (κ2) is 7.88. The van der Waals surface area contributed by atoms with Gasteiger partial charge in [-0.25, -0.2) is 12.8 Å². The predicted molar refractivity (Wildman–Crippen MR) is 116 cm³/mol. The molecule has 2 atom stereocenters. The summed E-state index contributed by atoms with van der Waals surface area (Å²) in [6, 6.07) is 18.5. The number of hydrogen-bond donors (Lipinski definition) is 1. The highest BCUT2D eigenvalue weighted by Crippen LogP contribution is 2.48. The summed E-state index contributed by atoms with van der Waals surface area (Å²) in [5, 5.41) is 14.0. The Morgan fingerprint density at radius 3 is 2.52 bits per heavy atom. The van der Waals surface area contributed by atoms with Crippen LogP contribution in [0.1, 0.15) is 17.2 Å². The van der Waals surface area contributed by atoms with Gasteiger partial charge in [0.1, 0.15) is 0 Å². The third kappa shape index (κ3) is 3.42. The SMILES string of the molecule is COc1ccc(CC2(C#N)C(c3ccc(Cl)cc3)Nc3ccccc3S2(=O)=O)cc1F. The molecule has 0 saturated carbocycles. The van der Waals surface area contributed by atoms with Crippen molar-refractivity contribution in [1.29, 1.82) is 5.26 Å². The summed E-state index contributed by atoms with van der Waals surface area (Å²) in [7, 11) is -2.79. The summed E-state index contributed by atoms with van der Waals surface area (Å²) in [4.78, 5) is 0.0377. The average molecular weight is 457 g/mol. The molecule has 31 heavy (non-hydrogen) atoms. The summed E-state index contributed by atoms with van der Waals surface area (Å²) in [6.07, 6.45) is -0.221. The van der Waals surface area contributed by atoms with E-state index in [1.165, 1.54) is 25.3 Å². The summed E-state index contributed by atoms with van der Waals surface area (Å²) in [6.45, 7) is 0. The maximum Gasteiger partial charge on any atom is 0.202 e. The van der Waals surface area contributed by atoms with Gasteiger partial charge in [-0.3, -0.25) is 0 Å². The lowest BCUT2D eigenvalue weighted by Gasteiger charge is -2.40. The zero-order valence-electron chi connectivity index (χ0n) is 16.5. The van der Waals surface area contributed by atoms with Crippen LogP contribution in [0.5, 0.6) is 5.75 Å². The number of sulfone groups is 1. The number of fused-ring (bicyclic) bond motifs is 1. The molecule has 0 spiro atoms. The van der Waals surface area contributed by atoms with E-state index in [0.29, 0.717) is 21.8 Å². The molecule has 1 aliphatic rings. The standard InChI is InChI=1S/C23H18ClFN2O3S/c1-30-20-11-6-15(12-18(20)25)13-23(14-26)22(16-7-9-17(24)10-8-16)27-19-4-2-3-5-21(19)31(23,28)29/h2-12,22,27H,13H2,1H3. The first kappa shape index (κ1) is 21.2. The lowest BCUT2D eigenvalue weighted by Crippen LogP contribution is -2.51. The molecular formula is C23H18ClFN2O3S. The van der Waals surface area contributed by atoms with Crippen molar-refractivity contribution in [3.8, 4) is 11.8 Å². The van der Waals surface area contributed by atoms with Gasteiger partial charge < -0.3 is 10.1 Å². The van der Waals surface area contributed by atoms with Gasteiger partial charge in [-0.2, -0.15) is 5.26 Å². The lowest BCUT2D eigenvalue weighted by atomic mass is 9.87. The number of halogens is 2. The summed E-state index contributed by atoms with van der Waals surface area (Å²) < 4.78 is 45.0. The Bertz CT molecular complexity index is 1290. The van der Waals surface area contributed by atoms with Gasteiger partial charge in [0, 0.05) is 11.4 Å². The van der Waals surface area contributed by atoms with Gasteiger partial charge >= 0.3 is 0 Å². The highest BCUT2D eigenvalue weighted by atomic mass is 35.5. The molecule has 0 saturated heterocycles. The minimum absolute atomic E-state index is 0.0377. The van der Waals surface area contributed by atoms with Crippen molar-refractivity contribution in [1.82, 2.24) is 0 Å². The predicted octanol–water partition coefficient (Wildman–Crippen LogP) is 4.93. The van der Waals surface area contributed by atoms with Crippen molar-refractivity contribution < 1.29 is 17.5 Å². The summed E-state index contributed by atoms with van der Waals surface area (Å²) >= 11 is 6.01. The van der Waals surface area contributed by atoms with Gasteiger partial charge in [-0.1, -0.05) is 41.9 Å². The third-order valence-electron chi connectivity index (χ3n) is 5.50. The Balaban J connectivity index is 1.93. The number of para-hydroxylation sites is 1. The third-order valence-corrected chi connectivity index (χ3v) is 8.12. The van der Waals surface area contributed by atoms with E-state index < -0.39 is 26.4 Å². The first-order valence-corrected chi connectivity index (χ1v) is 11.3. The molecule has 0 aromatic heterocycles. The topological polar surface area (TPSA) is 79.2 Å². The van der Waals surface area contributed by atoms with Gasteiger partial charge in [0.15, 0.2) is 16.3 Å². The van der Waals surface area contributed by atoms with E-state index in [-0.39, 0.29) is 17.1 Å². The van der Waals surface area contributed by atoms with Gasteiger partial charge in [0.2, 0.25) is 9.84 Å². The molecule has 0 fully saturated rings. The number of nitriles is 1. The second-order valence-corrected chi connectivity index (χ2v) is 9.89. The molecule has 1 heterocycles. The van der Waals surface area contributed by atoms with Gasteiger partial charge in [0.05, 0.1) is 29.8 Å². The van der Waals surface area contributed by atoms with E-state index in [0.717, 1.165) is 0 Å². The number of nitrogens with one attached hydrogen (secondary N) is 1. The molecule has 3 aromatic carbocycles. The molecule has 1 N–H and O–H groups in total. The monoisotopic (exact) mass is 456 g/mol. The number of nitrogens with zero attached hydrogens (tertiary/aromatic N) is 1. The molecule has 0 bridgehead atoms. The van der Waals surface area contributed by atoms with Crippen LogP contribution in [-0.4, -0.2) is 20.3 Å². The normalized spacial score (nSPS) is 21.4. The Morgan fingerprint density at radius 2 is 1.87 bits per heavy atom. The Kier molecular flexibility index (Phi) is 5.38. The number of methoxy groups -OCH3 is 1. The van der Waals surface area contributed by atoms with Crippen molar-refractivity contribution in [2.24, 2.45) is 0 Å². The quantitative estimate of drug-likeness (QED) is 0.602. The van der Waals surface area contributed by atoms with Gasteiger partial charge in [0.25, 0.3) is 0 Å². The fourth-order valence-electron chi connectivity index (χ4n) is 3.94. The van der Waals surface area contributed by atoms with Crippen LogP contribution in [0.25, 0.3) is 0 Å². The molecule has 0 amide bonds. The van der Waals surface area contributed by atoms with Crippen LogP contribution in [0.15, 0.2) is 71.6 Å². The van der Waals surface area contributed by atoms with Crippen LogP contribution >= 0.6 is 11.6 Å². The Labute approximate surface area is 185 Å². The molecule has 4 rings (SSSR count). The van der Waals surface area contributed by atoms with Crippen molar-refractivity contribution in [2.45, 2.75) is 22.1 Å². The molecule has 3 aromatic rings. The van der Waals surface area contributed by atoms with Crippen LogP contribution < -0.4 is 10.1 Å². The Morgan fingerprint density at radius 1 is 1.16 bits per heavy atom. The molecular weight excluding hydrogens is 439 g/mol. The zero-order chi connectivity index (χ0) is 22.2. The minimum atomic E-state index is -4.14. The largest absolute Gasteiger partial charge is 0.494 e. The molecule has 8 heteroatoms. The molecule has 5 nitrogen and oxygen atoms in total. The van der Waals surface area contributed by atoms with Crippen LogP contribution in [-0.2, 0) is 16.3 Å². The number of ether oxygens (including phenoxy) is 1. The fourth-order valence-corrected chi connectivity index (χ4v) is 6.11. The van der Waals surface area contributed by atoms with Crippen LogP contribution in [0, 0.1) is 17.1 Å². The molecule has 0 radical (unpaired) electrons. The molecule has 158 valence electrons. The number of hydrogen-bond acceptors (Lipinski definition) is 5. The van der Waals surface area contributed by atoms with Crippen molar-refractivity contribution in [3.63, 3.8) is 0 Å². The second-order valence-electron chi connectivity index (χ2n) is 7.28. The maximum atomic E-state index is 14.3. The van der Waals surface area contributed by atoms with Crippen molar-refractivity contribution >= 4 is 27.1 Å². The first-order chi connectivity index (χ1) is 14.8. The van der Waals surface area contributed by atoms with Gasteiger partial charge in [-0.15, -0.1) is 0 Å². The van der Waals surface area contributed by atoms with Crippen LogP contribution in [0.2, 0.25) is 5.02 Å². The molecule has 0 aliphatic carbocycles. The van der Waals surface area contributed by atoms with E-state index in [4.69, 9.17) is 16.3 Å². The summed E-state index contributed by atoms with van der Waals surface area (Å²) in [5.74, 6) is -0.586. The number of rotatable bonds is 4. The van der Waals surface area contributed by atoms with E-state index in [9.17, 15) is 18.1 Å². The number of anilines is 1. The van der Waals surface area contributed by atoms with Crippen molar-refractivity contribution in [3.05, 3.63) is 88.7 Å². The average Bonchev–Trinajstić information content (AvgIpc) is 2.76. The van der Waals surface area contributed by atoms with Crippen LogP contribution in [0.4, 0.5) is 10.1 Å². The minimum Gasteiger partial charge on any atom is -0.494 e. The fraction of sp³-hybridized carbons (Fsp3) is 0.174. The number of benzene rings is 3. The smallest absolute Gasteiger partial charge is 0.202 e. The Hall–Kier alpha value is -3.08. The van der Waals surface area contributed by atoms with E-state index in [2.05, 4.69) is 11.4 Å². The zero-order valence-corrected chi connectivity index (χ0v) is 18.0. The van der Waals surface area contributed by atoms with E-state index in [1.807, 2.05) is 0 Å². The summed E-state index contributed by atoms with van der Waals surface area (Å²) in [5.41, 5.74) is 1.36. The molecule has 1 aliphatic heterocycles. The maximum absolute atomic E-state index is 14.3. The highest BCUT2D eigenvalue weighted by Gasteiger charge is 2.56. The van der Waals surface area contributed by atoms with Crippen molar-refractivity contribution in [2.75, 3.05) is 12.4 Å². The van der Waals surface area contributed by atoms with Gasteiger partial charge in [-0.05, 0) is 47.5 Å². The lowest BCUT2D eigenvalue weighted by molar-refractivity contribution is 0.386. The van der Waals surface area contributed by atoms with Crippen LogP contribution in [0.3, 0.4) is 0 Å². The highest BCUT2D eigenvalue weighted by molar-refractivity contribution is 7.93. The first-order valence-electron chi connectivity index (χ1n) is 9.42. The van der Waals surface area contributed by atoms with E-state index >= 15 is 0 Å². The molecule has 2 unspecified atom stereocenters. The van der Waals surface area contributed by atoms with E-state index in [1.54, 1.807) is 48.5 Å².